The Bertz CT molecular complexity index is 666. The van der Waals surface area contributed by atoms with E-state index in [1.807, 2.05) is 24.3 Å². The zero-order valence-corrected chi connectivity index (χ0v) is 13.0. The fraction of sp³-hybridized carbons (Fsp3) is 0.429. The van der Waals surface area contributed by atoms with Crippen LogP contribution in [0, 0.1) is 5.41 Å². The van der Waals surface area contributed by atoms with Crippen molar-refractivity contribution in [3.8, 4) is 0 Å². The standard InChI is InChI=1S/C14H15BrN4O2/c15-11-4-1-3-10(7-11)8-12-16-17-18-19(12)9-14(13(20)21)5-2-6-14/h1,3-4,7H,2,5-6,8-9H2,(H,20,21). The Morgan fingerprint density at radius 3 is 2.86 bits per heavy atom. The van der Waals surface area contributed by atoms with Gasteiger partial charge in [0.25, 0.3) is 0 Å². The molecule has 0 aliphatic heterocycles. The quantitative estimate of drug-likeness (QED) is 0.894. The van der Waals surface area contributed by atoms with Gasteiger partial charge >= 0.3 is 5.97 Å². The number of carboxylic acids is 1. The van der Waals surface area contributed by atoms with Crippen LogP contribution in [0.2, 0.25) is 0 Å². The van der Waals surface area contributed by atoms with Crippen LogP contribution in [0.4, 0.5) is 0 Å². The number of rotatable bonds is 5. The third-order valence-electron chi connectivity index (χ3n) is 4.07. The van der Waals surface area contributed by atoms with Crippen molar-refractivity contribution < 1.29 is 9.90 Å². The van der Waals surface area contributed by atoms with E-state index in [9.17, 15) is 9.90 Å². The minimum Gasteiger partial charge on any atom is -0.481 e. The van der Waals surface area contributed by atoms with Crippen molar-refractivity contribution in [1.29, 1.82) is 0 Å². The van der Waals surface area contributed by atoms with Crippen LogP contribution in [0.1, 0.15) is 30.7 Å². The first-order chi connectivity index (χ1) is 10.1. The monoisotopic (exact) mass is 350 g/mol. The topological polar surface area (TPSA) is 80.9 Å². The second kappa shape index (κ2) is 5.55. The van der Waals surface area contributed by atoms with Gasteiger partial charge in [-0.2, -0.15) is 0 Å². The predicted molar refractivity (Wildman–Crippen MR) is 78.7 cm³/mol. The number of nitrogens with zero attached hydrogens (tertiary/aromatic N) is 4. The number of aliphatic carboxylic acids is 1. The first-order valence-corrected chi connectivity index (χ1v) is 7.61. The van der Waals surface area contributed by atoms with E-state index in [4.69, 9.17) is 0 Å². The van der Waals surface area contributed by atoms with Crippen LogP contribution in [0.5, 0.6) is 0 Å². The number of hydrogen-bond acceptors (Lipinski definition) is 4. The Hall–Kier alpha value is -1.76. The van der Waals surface area contributed by atoms with E-state index in [2.05, 4.69) is 31.5 Å². The molecule has 1 aromatic heterocycles. The highest BCUT2D eigenvalue weighted by Gasteiger charge is 2.45. The average Bonchev–Trinajstić information content (AvgIpc) is 2.80. The van der Waals surface area contributed by atoms with Crippen molar-refractivity contribution in [3.05, 3.63) is 40.1 Å². The second-order valence-corrected chi connectivity index (χ2v) is 6.41. The number of benzene rings is 1. The molecule has 3 rings (SSSR count). The summed E-state index contributed by atoms with van der Waals surface area (Å²) in [7, 11) is 0. The summed E-state index contributed by atoms with van der Waals surface area (Å²) in [6, 6.07) is 7.92. The first kappa shape index (κ1) is 14.2. The molecule has 1 saturated carbocycles. The lowest BCUT2D eigenvalue weighted by Gasteiger charge is -2.37. The summed E-state index contributed by atoms with van der Waals surface area (Å²) in [6.45, 7) is 0.346. The van der Waals surface area contributed by atoms with Crippen LogP contribution in [0.15, 0.2) is 28.7 Å². The normalized spacial score (nSPS) is 16.4. The van der Waals surface area contributed by atoms with Gasteiger partial charge in [0.1, 0.15) is 0 Å². The van der Waals surface area contributed by atoms with Crippen molar-refractivity contribution in [2.24, 2.45) is 5.41 Å². The van der Waals surface area contributed by atoms with Crippen molar-refractivity contribution in [2.75, 3.05) is 0 Å². The summed E-state index contributed by atoms with van der Waals surface area (Å²) in [4.78, 5) is 11.5. The van der Waals surface area contributed by atoms with Gasteiger partial charge in [-0.05, 0) is 41.0 Å². The van der Waals surface area contributed by atoms with Crippen molar-refractivity contribution >= 4 is 21.9 Å². The third kappa shape index (κ3) is 2.83. The highest BCUT2D eigenvalue weighted by atomic mass is 79.9. The molecule has 0 amide bonds. The van der Waals surface area contributed by atoms with Gasteiger partial charge in [0.2, 0.25) is 0 Å². The largest absolute Gasteiger partial charge is 0.481 e. The molecule has 0 radical (unpaired) electrons. The van der Waals surface area contributed by atoms with Gasteiger partial charge in [-0.25, -0.2) is 4.68 Å². The van der Waals surface area contributed by atoms with E-state index in [0.717, 1.165) is 16.5 Å². The van der Waals surface area contributed by atoms with E-state index in [1.54, 1.807) is 4.68 Å². The number of hydrogen-bond donors (Lipinski definition) is 1. The van der Waals surface area contributed by atoms with Crippen LogP contribution in [-0.2, 0) is 17.8 Å². The summed E-state index contributed by atoms with van der Waals surface area (Å²) < 4.78 is 2.63. The highest BCUT2D eigenvalue weighted by molar-refractivity contribution is 9.10. The maximum absolute atomic E-state index is 11.5. The number of halogens is 1. The lowest BCUT2D eigenvalue weighted by molar-refractivity contribution is -0.156. The minimum absolute atomic E-state index is 0.346. The molecule has 1 heterocycles. The summed E-state index contributed by atoms with van der Waals surface area (Å²) in [5, 5.41) is 21.1. The zero-order valence-electron chi connectivity index (χ0n) is 11.4. The molecule has 1 aliphatic carbocycles. The Morgan fingerprint density at radius 1 is 1.43 bits per heavy atom. The van der Waals surface area contributed by atoms with Crippen molar-refractivity contribution in [3.63, 3.8) is 0 Å². The Kier molecular flexibility index (Phi) is 3.75. The summed E-state index contributed by atoms with van der Waals surface area (Å²) in [5.41, 5.74) is 0.389. The number of carbonyl (C=O) groups is 1. The van der Waals surface area contributed by atoms with Gasteiger partial charge in [0.15, 0.2) is 5.82 Å². The van der Waals surface area contributed by atoms with Crippen molar-refractivity contribution in [2.45, 2.75) is 32.2 Å². The SMILES string of the molecule is O=C(O)C1(Cn2nnnc2Cc2cccc(Br)c2)CCC1. The van der Waals surface area contributed by atoms with Gasteiger partial charge in [0, 0.05) is 10.9 Å². The molecule has 0 bridgehead atoms. The summed E-state index contributed by atoms with van der Waals surface area (Å²) in [6.07, 6.45) is 2.93. The molecular formula is C14H15BrN4O2. The number of aromatic nitrogens is 4. The maximum atomic E-state index is 11.5. The molecule has 0 spiro atoms. The van der Waals surface area contributed by atoms with Crippen LogP contribution in [0.25, 0.3) is 0 Å². The van der Waals surface area contributed by atoms with E-state index in [1.165, 1.54) is 0 Å². The Labute approximate surface area is 130 Å². The first-order valence-electron chi connectivity index (χ1n) is 6.82. The number of carboxylic acid groups (broad SMARTS) is 1. The molecule has 6 nitrogen and oxygen atoms in total. The van der Waals surface area contributed by atoms with Gasteiger partial charge in [0.05, 0.1) is 12.0 Å². The van der Waals surface area contributed by atoms with E-state index in [0.29, 0.717) is 31.6 Å². The zero-order chi connectivity index (χ0) is 14.9. The fourth-order valence-corrected chi connectivity index (χ4v) is 3.08. The van der Waals surface area contributed by atoms with Crippen LogP contribution in [-0.4, -0.2) is 31.3 Å². The smallest absolute Gasteiger partial charge is 0.311 e. The van der Waals surface area contributed by atoms with Crippen LogP contribution < -0.4 is 0 Å². The van der Waals surface area contributed by atoms with Crippen molar-refractivity contribution in [1.82, 2.24) is 20.2 Å². The molecule has 2 aromatic rings. The Morgan fingerprint density at radius 2 is 2.24 bits per heavy atom. The molecule has 21 heavy (non-hydrogen) atoms. The molecule has 7 heteroatoms. The fourth-order valence-electron chi connectivity index (χ4n) is 2.63. The van der Waals surface area contributed by atoms with E-state index in [-0.39, 0.29) is 0 Å². The summed E-state index contributed by atoms with van der Waals surface area (Å²) >= 11 is 3.44. The molecule has 1 N–H and O–H groups in total. The minimum atomic E-state index is -0.752. The van der Waals surface area contributed by atoms with Gasteiger partial charge in [-0.15, -0.1) is 5.10 Å². The highest BCUT2D eigenvalue weighted by Crippen LogP contribution is 2.42. The molecule has 1 fully saturated rings. The van der Waals surface area contributed by atoms with E-state index >= 15 is 0 Å². The summed E-state index contributed by atoms with van der Waals surface area (Å²) in [5.74, 6) is -0.0571. The van der Waals surface area contributed by atoms with Crippen LogP contribution in [0.3, 0.4) is 0 Å². The average molecular weight is 351 g/mol. The van der Waals surface area contributed by atoms with Crippen LogP contribution >= 0.6 is 15.9 Å². The number of tetrazole rings is 1. The molecule has 1 aromatic carbocycles. The molecular weight excluding hydrogens is 336 g/mol. The molecule has 1 aliphatic rings. The predicted octanol–water partition coefficient (Wildman–Crippen LogP) is 2.28. The maximum Gasteiger partial charge on any atom is 0.311 e. The lowest BCUT2D eigenvalue weighted by atomic mass is 9.69. The molecule has 0 atom stereocenters. The van der Waals surface area contributed by atoms with Gasteiger partial charge in [-0.3, -0.25) is 4.79 Å². The lowest BCUT2D eigenvalue weighted by Crippen LogP contribution is -2.42. The molecule has 110 valence electrons. The van der Waals surface area contributed by atoms with Gasteiger partial charge in [-0.1, -0.05) is 34.5 Å². The Balaban J connectivity index is 1.79. The molecule has 0 saturated heterocycles. The van der Waals surface area contributed by atoms with Gasteiger partial charge < -0.3 is 5.11 Å². The molecule has 0 unspecified atom stereocenters. The second-order valence-electron chi connectivity index (χ2n) is 5.50. The van der Waals surface area contributed by atoms with E-state index < -0.39 is 11.4 Å². The third-order valence-corrected chi connectivity index (χ3v) is 4.57.